The zero-order valence-corrected chi connectivity index (χ0v) is 14.9. The van der Waals surface area contributed by atoms with E-state index in [1.54, 1.807) is 31.3 Å². The fraction of sp³-hybridized carbons (Fsp3) is 0.200. The van der Waals surface area contributed by atoms with Gasteiger partial charge in [-0.25, -0.2) is 13.2 Å². The van der Waals surface area contributed by atoms with Gasteiger partial charge in [0.05, 0.1) is 27.8 Å². The minimum atomic E-state index is -4.01. The first-order valence-corrected chi connectivity index (χ1v) is 9.09. The second kappa shape index (κ2) is 7.48. The zero-order chi connectivity index (χ0) is 17.9. The van der Waals surface area contributed by atoms with Crippen LogP contribution >= 0.6 is 23.2 Å². The highest BCUT2D eigenvalue weighted by molar-refractivity contribution is 7.89. The van der Waals surface area contributed by atoms with Crippen molar-refractivity contribution in [2.24, 2.45) is 0 Å². The van der Waals surface area contributed by atoms with Crippen LogP contribution in [0.4, 0.5) is 0 Å². The number of rotatable bonds is 6. The lowest BCUT2D eigenvalue weighted by Crippen LogP contribution is -2.31. The van der Waals surface area contributed by atoms with E-state index in [-0.39, 0.29) is 33.6 Å². The minimum Gasteiger partial charge on any atom is -0.478 e. The first kappa shape index (κ1) is 18.7. The van der Waals surface area contributed by atoms with Crippen molar-refractivity contribution in [2.75, 3.05) is 6.54 Å². The second-order valence-corrected chi connectivity index (χ2v) is 7.54. The summed E-state index contributed by atoms with van der Waals surface area (Å²) in [6.07, 6.45) is 1.56. The topological polar surface area (TPSA) is 87.6 Å². The molecule has 0 radical (unpaired) electrons. The van der Waals surface area contributed by atoms with Crippen LogP contribution < -0.4 is 0 Å². The highest BCUT2D eigenvalue weighted by Crippen LogP contribution is 2.31. The fourth-order valence-corrected chi connectivity index (χ4v) is 4.32. The molecule has 0 saturated heterocycles. The summed E-state index contributed by atoms with van der Waals surface area (Å²) in [7, 11) is -4.01. The van der Waals surface area contributed by atoms with E-state index in [4.69, 9.17) is 28.3 Å². The molecule has 128 valence electrons. The summed E-state index contributed by atoms with van der Waals surface area (Å²) < 4.78 is 26.9. The number of nitrogens with zero attached hydrogens (tertiary/aromatic N) is 2. The molecule has 0 aliphatic rings. The number of carbonyl (C=O) groups is 1. The standard InChI is InChI=1S/C15H14Cl2N2O4S/c1-2-19(9-10-5-3-4-6-18-10)24(22,23)14-7-11(15(20)21)12(16)8-13(14)17/h3-8H,2,9H2,1H3,(H,20,21). The molecule has 0 unspecified atom stereocenters. The van der Waals surface area contributed by atoms with Crippen LogP contribution in [0.1, 0.15) is 23.0 Å². The molecule has 0 fully saturated rings. The molecule has 0 saturated carbocycles. The monoisotopic (exact) mass is 388 g/mol. The Morgan fingerprint density at radius 2 is 1.96 bits per heavy atom. The summed E-state index contributed by atoms with van der Waals surface area (Å²) in [4.78, 5) is 15.0. The third-order valence-electron chi connectivity index (χ3n) is 3.29. The minimum absolute atomic E-state index is 0.0427. The summed E-state index contributed by atoms with van der Waals surface area (Å²) in [6, 6.07) is 7.27. The van der Waals surface area contributed by atoms with Crippen LogP contribution in [-0.4, -0.2) is 35.3 Å². The summed E-state index contributed by atoms with van der Waals surface area (Å²) in [5, 5.41) is 8.87. The highest BCUT2D eigenvalue weighted by atomic mass is 35.5. The molecular weight excluding hydrogens is 375 g/mol. The number of carboxylic acid groups (broad SMARTS) is 1. The number of aromatic nitrogens is 1. The van der Waals surface area contributed by atoms with Gasteiger partial charge in [0, 0.05) is 12.7 Å². The van der Waals surface area contributed by atoms with Crippen LogP contribution in [0.2, 0.25) is 10.0 Å². The van der Waals surface area contributed by atoms with Gasteiger partial charge >= 0.3 is 5.97 Å². The lowest BCUT2D eigenvalue weighted by Gasteiger charge is -2.21. The first-order chi connectivity index (χ1) is 11.3. The number of sulfonamides is 1. The molecule has 6 nitrogen and oxygen atoms in total. The van der Waals surface area contributed by atoms with Gasteiger partial charge in [0.15, 0.2) is 0 Å². The van der Waals surface area contributed by atoms with Gasteiger partial charge in [-0.1, -0.05) is 36.2 Å². The molecule has 2 aromatic rings. The van der Waals surface area contributed by atoms with Crippen molar-refractivity contribution in [3.63, 3.8) is 0 Å². The van der Waals surface area contributed by atoms with E-state index in [0.717, 1.165) is 16.4 Å². The molecule has 0 aliphatic carbocycles. The summed E-state index contributed by atoms with van der Waals surface area (Å²) in [5.41, 5.74) is 0.236. The number of pyridine rings is 1. The third-order valence-corrected chi connectivity index (χ3v) is 5.99. The van der Waals surface area contributed by atoms with Crippen LogP contribution in [-0.2, 0) is 16.6 Å². The summed E-state index contributed by atoms with van der Waals surface area (Å²) in [6.45, 7) is 1.88. The molecule has 1 heterocycles. The maximum absolute atomic E-state index is 12.9. The number of hydrogen-bond donors (Lipinski definition) is 1. The number of hydrogen-bond acceptors (Lipinski definition) is 4. The SMILES string of the molecule is CCN(Cc1ccccn1)S(=O)(=O)c1cc(C(=O)O)c(Cl)cc1Cl. The second-order valence-electron chi connectivity index (χ2n) is 4.82. The molecular formula is C15H14Cl2N2O4S. The Morgan fingerprint density at radius 3 is 2.50 bits per heavy atom. The van der Waals surface area contributed by atoms with E-state index in [9.17, 15) is 13.2 Å². The molecule has 1 N–H and O–H groups in total. The smallest absolute Gasteiger partial charge is 0.337 e. The molecule has 9 heteroatoms. The van der Waals surface area contributed by atoms with Crippen LogP contribution in [0.3, 0.4) is 0 Å². The summed E-state index contributed by atoms with van der Waals surface area (Å²) in [5.74, 6) is -1.33. The van der Waals surface area contributed by atoms with Crippen LogP contribution in [0.25, 0.3) is 0 Å². The quantitative estimate of drug-likeness (QED) is 0.819. The summed E-state index contributed by atoms with van der Waals surface area (Å²) >= 11 is 11.8. The van der Waals surface area contributed by atoms with Gasteiger partial charge in [-0.3, -0.25) is 4.98 Å². The van der Waals surface area contributed by atoms with Crippen molar-refractivity contribution >= 4 is 39.2 Å². The van der Waals surface area contributed by atoms with Gasteiger partial charge in [-0.05, 0) is 24.3 Å². The van der Waals surface area contributed by atoms with Gasteiger partial charge in [-0.2, -0.15) is 4.31 Å². The number of carboxylic acids is 1. The molecule has 0 aliphatic heterocycles. The number of halogens is 2. The van der Waals surface area contributed by atoms with Gasteiger partial charge in [0.25, 0.3) is 0 Å². The van der Waals surface area contributed by atoms with Gasteiger partial charge < -0.3 is 5.11 Å². The largest absolute Gasteiger partial charge is 0.478 e. The average Bonchev–Trinajstić information content (AvgIpc) is 2.52. The molecule has 1 aromatic carbocycles. The average molecular weight is 389 g/mol. The Hall–Kier alpha value is -1.67. The lowest BCUT2D eigenvalue weighted by molar-refractivity contribution is 0.0697. The molecule has 0 spiro atoms. The molecule has 24 heavy (non-hydrogen) atoms. The van der Waals surface area contributed by atoms with E-state index in [0.29, 0.717) is 5.69 Å². The molecule has 0 bridgehead atoms. The highest BCUT2D eigenvalue weighted by Gasteiger charge is 2.28. The van der Waals surface area contributed by atoms with Crippen molar-refractivity contribution in [3.05, 3.63) is 57.8 Å². The maximum atomic E-state index is 12.9. The number of aromatic carboxylic acids is 1. The normalized spacial score (nSPS) is 11.7. The van der Waals surface area contributed by atoms with Crippen LogP contribution in [0.5, 0.6) is 0 Å². The Morgan fingerprint density at radius 1 is 1.25 bits per heavy atom. The lowest BCUT2D eigenvalue weighted by atomic mass is 10.2. The third kappa shape index (κ3) is 3.87. The van der Waals surface area contributed by atoms with Crippen molar-refractivity contribution in [1.29, 1.82) is 0 Å². The molecule has 1 aromatic heterocycles. The van der Waals surface area contributed by atoms with Crippen molar-refractivity contribution in [1.82, 2.24) is 9.29 Å². The van der Waals surface area contributed by atoms with Gasteiger partial charge in [-0.15, -0.1) is 0 Å². The van der Waals surface area contributed by atoms with Crippen molar-refractivity contribution in [3.8, 4) is 0 Å². The maximum Gasteiger partial charge on any atom is 0.337 e. The number of benzene rings is 1. The van der Waals surface area contributed by atoms with Crippen LogP contribution in [0, 0.1) is 0 Å². The van der Waals surface area contributed by atoms with E-state index >= 15 is 0 Å². The Balaban J connectivity index is 2.48. The van der Waals surface area contributed by atoms with E-state index in [1.165, 1.54) is 0 Å². The Bertz CT molecular complexity index is 857. The molecule has 2 rings (SSSR count). The van der Waals surface area contributed by atoms with E-state index in [1.807, 2.05) is 0 Å². The van der Waals surface area contributed by atoms with Crippen LogP contribution in [0.15, 0.2) is 41.4 Å². The molecule has 0 amide bonds. The predicted molar refractivity (Wildman–Crippen MR) is 90.9 cm³/mol. The van der Waals surface area contributed by atoms with Crippen molar-refractivity contribution < 1.29 is 18.3 Å². The van der Waals surface area contributed by atoms with E-state index < -0.39 is 16.0 Å². The molecule has 0 atom stereocenters. The Labute approximate surface area is 149 Å². The van der Waals surface area contributed by atoms with Crippen molar-refractivity contribution in [2.45, 2.75) is 18.4 Å². The fourth-order valence-electron chi connectivity index (χ4n) is 2.07. The Kier molecular flexibility index (Phi) is 5.82. The van der Waals surface area contributed by atoms with Gasteiger partial charge in [0.1, 0.15) is 4.90 Å². The van der Waals surface area contributed by atoms with Gasteiger partial charge in [0.2, 0.25) is 10.0 Å². The zero-order valence-electron chi connectivity index (χ0n) is 12.6. The predicted octanol–water partition coefficient (Wildman–Crippen LogP) is 3.30. The first-order valence-electron chi connectivity index (χ1n) is 6.89. The van der Waals surface area contributed by atoms with E-state index in [2.05, 4.69) is 4.98 Å².